The molecule has 4 rings (SSSR count). The monoisotopic (exact) mass is 487 g/mol. The fourth-order valence-corrected chi connectivity index (χ4v) is 6.64. The number of fused-ring (bicyclic) bond motifs is 2. The maximum atomic E-state index is 14.4. The average Bonchev–Trinajstić information content (AvgIpc) is 3.08. The first-order valence-electron chi connectivity index (χ1n) is 13.2. The van der Waals surface area contributed by atoms with Gasteiger partial charge in [0.15, 0.2) is 0 Å². The molecule has 194 valence electrons. The number of hydrogen-bond acceptors (Lipinski definition) is 5. The average molecular weight is 488 g/mol. The van der Waals surface area contributed by atoms with E-state index in [0.29, 0.717) is 19.6 Å². The zero-order valence-electron chi connectivity index (χ0n) is 21.9. The Kier molecular flexibility index (Phi) is 6.92. The molecule has 0 aromatic carbocycles. The molecule has 35 heavy (non-hydrogen) atoms. The fourth-order valence-electron chi connectivity index (χ4n) is 6.64. The SMILES string of the molecule is CCCN1CC=C[C@@]2(C)O[C@]34C=CCN(C(C)C)C(=O)C3N([C@@H](CO)[C@@H](C)CC)C(=O)[C@@H]4[C@H]2C1=O. The zero-order chi connectivity index (χ0) is 25.7. The molecule has 7 atom stereocenters. The van der Waals surface area contributed by atoms with E-state index in [1.54, 1.807) is 14.7 Å². The van der Waals surface area contributed by atoms with Crippen LogP contribution in [0, 0.1) is 17.8 Å². The third-order valence-electron chi connectivity index (χ3n) is 8.57. The van der Waals surface area contributed by atoms with Crippen molar-refractivity contribution in [2.75, 3.05) is 26.2 Å². The summed E-state index contributed by atoms with van der Waals surface area (Å²) in [6.45, 7) is 13.0. The number of carbonyl (C=O) groups is 3. The fraction of sp³-hybridized carbons (Fsp3) is 0.741. The molecule has 0 aromatic heterocycles. The van der Waals surface area contributed by atoms with Gasteiger partial charge in [-0.15, -0.1) is 0 Å². The van der Waals surface area contributed by atoms with Crippen LogP contribution >= 0.6 is 0 Å². The molecule has 0 saturated carbocycles. The van der Waals surface area contributed by atoms with Crippen molar-refractivity contribution in [2.45, 2.75) is 83.7 Å². The molecule has 0 bridgehead atoms. The largest absolute Gasteiger partial charge is 0.394 e. The van der Waals surface area contributed by atoms with Crippen LogP contribution in [-0.2, 0) is 19.1 Å². The van der Waals surface area contributed by atoms with Crippen molar-refractivity contribution in [3.05, 3.63) is 24.3 Å². The molecule has 0 radical (unpaired) electrons. The molecule has 0 aliphatic carbocycles. The summed E-state index contributed by atoms with van der Waals surface area (Å²) in [5, 5.41) is 10.4. The van der Waals surface area contributed by atoms with Crippen LogP contribution < -0.4 is 0 Å². The normalized spacial score (nSPS) is 36.3. The molecule has 2 fully saturated rings. The molecule has 1 spiro atoms. The summed E-state index contributed by atoms with van der Waals surface area (Å²) in [6.07, 6.45) is 9.19. The predicted molar refractivity (Wildman–Crippen MR) is 132 cm³/mol. The lowest BCUT2D eigenvalue weighted by atomic mass is 9.74. The van der Waals surface area contributed by atoms with E-state index >= 15 is 0 Å². The molecular weight excluding hydrogens is 446 g/mol. The Morgan fingerprint density at radius 2 is 1.71 bits per heavy atom. The van der Waals surface area contributed by atoms with Crippen LogP contribution in [0.3, 0.4) is 0 Å². The Labute approximate surface area is 208 Å². The third kappa shape index (κ3) is 3.75. The summed E-state index contributed by atoms with van der Waals surface area (Å²) >= 11 is 0. The van der Waals surface area contributed by atoms with Gasteiger partial charge in [-0.3, -0.25) is 14.4 Å². The van der Waals surface area contributed by atoms with Crippen molar-refractivity contribution in [1.82, 2.24) is 14.7 Å². The summed E-state index contributed by atoms with van der Waals surface area (Å²) < 4.78 is 6.82. The van der Waals surface area contributed by atoms with Crippen LogP contribution in [0.25, 0.3) is 0 Å². The molecule has 4 aliphatic heterocycles. The molecule has 1 unspecified atom stereocenters. The molecule has 0 aromatic rings. The number of carbonyl (C=O) groups excluding carboxylic acids is 3. The number of likely N-dealkylation sites (tertiary alicyclic amines) is 1. The Balaban J connectivity index is 1.91. The maximum absolute atomic E-state index is 14.4. The minimum Gasteiger partial charge on any atom is -0.394 e. The van der Waals surface area contributed by atoms with Crippen LogP contribution in [0.5, 0.6) is 0 Å². The van der Waals surface area contributed by atoms with E-state index in [1.807, 2.05) is 65.8 Å². The van der Waals surface area contributed by atoms with Gasteiger partial charge in [-0.25, -0.2) is 0 Å². The highest BCUT2D eigenvalue weighted by molar-refractivity contribution is 6.00. The third-order valence-corrected chi connectivity index (χ3v) is 8.57. The predicted octanol–water partition coefficient (Wildman–Crippen LogP) is 1.98. The van der Waals surface area contributed by atoms with E-state index in [4.69, 9.17) is 4.74 Å². The summed E-state index contributed by atoms with van der Waals surface area (Å²) in [4.78, 5) is 47.5. The molecule has 4 heterocycles. The number of nitrogens with zero attached hydrogens (tertiary/aromatic N) is 3. The van der Waals surface area contributed by atoms with Crippen LogP contribution in [0.2, 0.25) is 0 Å². The minimum atomic E-state index is -1.27. The van der Waals surface area contributed by atoms with Crippen molar-refractivity contribution in [3.8, 4) is 0 Å². The number of rotatable bonds is 7. The van der Waals surface area contributed by atoms with Crippen molar-refractivity contribution in [2.24, 2.45) is 17.8 Å². The quantitative estimate of drug-likeness (QED) is 0.555. The molecule has 8 heteroatoms. The van der Waals surface area contributed by atoms with Gasteiger partial charge in [0.1, 0.15) is 11.6 Å². The first-order chi connectivity index (χ1) is 16.6. The molecule has 2 saturated heterocycles. The molecule has 4 aliphatic rings. The number of ether oxygens (including phenoxy) is 1. The van der Waals surface area contributed by atoms with Gasteiger partial charge in [-0.2, -0.15) is 0 Å². The van der Waals surface area contributed by atoms with Crippen molar-refractivity contribution < 1.29 is 24.2 Å². The van der Waals surface area contributed by atoms with Gasteiger partial charge < -0.3 is 24.5 Å². The minimum absolute atomic E-state index is 0.0277. The maximum Gasteiger partial charge on any atom is 0.249 e. The van der Waals surface area contributed by atoms with Gasteiger partial charge in [-0.1, -0.05) is 51.5 Å². The van der Waals surface area contributed by atoms with E-state index in [0.717, 1.165) is 12.8 Å². The van der Waals surface area contributed by atoms with E-state index in [-0.39, 0.29) is 36.3 Å². The van der Waals surface area contributed by atoms with E-state index in [2.05, 4.69) is 0 Å². The second-order valence-electron chi connectivity index (χ2n) is 11.1. The van der Waals surface area contributed by atoms with E-state index in [9.17, 15) is 19.5 Å². The van der Waals surface area contributed by atoms with Gasteiger partial charge in [0.25, 0.3) is 0 Å². The summed E-state index contributed by atoms with van der Waals surface area (Å²) in [5.41, 5.74) is -2.28. The Morgan fingerprint density at radius 3 is 2.31 bits per heavy atom. The second-order valence-corrected chi connectivity index (χ2v) is 11.1. The lowest BCUT2D eigenvalue weighted by molar-refractivity contribution is -0.157. The number of hydrogen-bond donors (Lipinski definition) is 1. The Hall–Kier alpha value is -2.19. The van der Waals surface area contributed by atoms with Crippen LogP contribution in [0.15, 0.2) is 24.3 Å². The summed E-state index contributed by atoms with van der Waals surface area (Å²) in [7, 11) is 0. The zero-order valence-corrected chi connectivity index (χ0v) is 21.9. The molecule has 3 amide bonds. The van der Waals surface area contributed by atoms with Gasteiger partial charge in [0.05, 0.1) is 30.1 Å². The highest BCUT2D eigenvalue weighted by Crippen LogP contribution is 2.58. The Morgan fingerprint density at radius 1 is 1.03 bits per heavy atom. The van der Waals surface area contributed by atoms with Crippen LogP contribution in [-0.4, -0.2) is 93.1 Å². The number of aliphatic hydroxyl groups is 1. The first kappa shape index (κ1) is 25.9. The van der Waals surface area contributed by atoms with Crippen molar-refractivity contribution in [3.63, 3.8) is 0 Å². The molecule has 1 N–H and O–H groups in total. The highest BCUT2D eigenvalue weighted by atomic mass is 16.5. The number of amides is 3. The van der Waals surface area contributed by atoms with Crippen molar-refractivity contribution in [1.29, 1.82) is 0 Å². The van der Waals surface area contributed by atoms with Gasteiger partial charge in [-0.05, 0) is 33.1 Å². The van der Waals surface area contributed by atoms with Gasteiger partial charge in [0.2, 0.25) is 17.7 Å². The van der Waals surface area contributed by atoms with Crippen LogP contribution in [0.1, 0.15) is 54.4 Å². The van der Waals surface area contributed by atoms with E-state index < -0.39 is 35.1 Å². The number of aliphatic hydroxyl groups excluding tert-OH is 1. The topological polar surface area (TPSA) is 90.4 Å². The molecular formula is C27H41N3O5. The van der Waals surface area contributed by atoms with Crippen LogP contribution in [0.4, 0.5) is 0 Å². The summed E-state index contributed by atoms with van der Waals surface area (Å²) in [6, 6.07) is -1.54. The van der Waals surface area contributed by atoms with Gasteiger partial charge in [0, 0.05) is 25.7 Å². The second kappa shape index (κ2) is 9.36. The van der Waals surface area contributed by atoms with Gasteiger partial charge >= 0.3 is 0 Å². The summed E-state index contributed by atoms with van der Waals surface area (Å²) in [5.74, 6) is -2.17. The Bertz CT molecular complexity index is 932. The van der Waals surface area contributed by atoms with E-state index in [1.165, 1.54) is 0 Å². The first-order valence-corrected chi connectivity index (χ1v) is 13.2. The lowest BCUT2D eigenvalue weighted by Crippen LogP contribution is -2.60. The smallest absolute Gasteiger partial charge is 0.249 e. The lowest BCUT2D eigenvalue weighted by Gasteiger charge is -2.42. The standard InChI is InChI=1S/C27H41N3O5/c1-7-13-28-14-9-11-26(6)20(23(28)32)21-24(33)30(19(16-31)18(5)8-2)22-25(34)29(17(3)4)15-10-12-27(21,22)35-26/h9-12,17-22,31H,7-8,13-16H2,1-6H3/t18-,19-,20-,21-,22?,26+,27-/m0/s1. The van der Waals surface area contributed by atoms with Crippen molar-refractivity contribution >= 4 is 17.7 Å². The highest BCUT2D eigenvalue weighted by Gasteiger charge is 2.75. The molecule has 8 nitrogen and oxygen atoms in total.